The van der Waals surface area contributed by atoms with Crippen LogP contribution in [0.1, 0.15) is 5.69 Å². The van der Waals surface area contributed by atoms with Crippen LogP contribution in [0, 0.1) is 10.1 Å². The Balaban J connectivity index is 2.06. The summed E-state index contributed by atoms with van der Waals surface area (Å²) < 4.78 is 9.24. The van der Waals surface area contributed by atoms with E-state index in [9.17, 15) is 10.1 Å². The second-order valence-electron chi connectivity index (χ2n) is 3.34. The van der Waals surface area contributed by atoms with Gasteiger partial charge in [0.25, 0.3) is 5.69 Å². The molecule has 1 aromatic heterocycles. The lowest BCUT2D eigenvalue weighted by Crippen LogP contribution is -2.00. The fraction of sp³-hybridized carbons (Fsp3) is 0.200. The number of nitro groups is 1. The van der Waals surface area contributed by atoms with E-state index in [-0.39, 0.29) is 12.3 Å². The molecule has 0 aliphatic carbocycles. The van der Waals surface area contributed by atoms with Gasteiger partial charge in [0, 0.05) is 24.6 Å². The Kier molecular flexibility index (Phi) is 3.68. The Morgan fingerprint density at radius 2 is 2.39 bits per heavy atom. The highest BCUT2D eigenvalue weighted by atomic mass is 32.1. The minimum Gasteiger partial charge on any atom is -0.487 e. The molecule has 1 aromatic carbocycles. The molecular formula is C10H10N4O3S. The van der Waals surface area contributed by atoms with Crippen molar-refractivity contribution < 1.29 is 9.66 Å². The Bertz CT molecular complexity index is 558. The van der Waals surface area contributed by atoms with Crippen molar-refractivity contribution in [2.75, 3.05) is 12.4 Å². The van der Waals surface area contributed by atoms with Crippen LogP contribution in [-0.4, -0.2) is 21.6 Å². The number of non-ortho nitro benzene ring substituents is 1. The highest BCUT2D eigenvalue weighted by Crippen LogP contribution is 2.22. The van der Waals surface area contributed by atoms with E-state index >= 15 is 0 Å². The predicted octanol–water partition coefficient (Wildman–Crippen LogP) is 2.07. The normalized spacial score (nSPS) is 10.1. The summed E-state index contributed by atoms with van der Waals surface area (Å²) >= 11 is 1.23. The Morgan fingerprint density at radius 1 is 1.56 bits per heavy atom. The maximum atomic E-state index is 10.6. The highest BCUT2D eigenvalue weighted by Gasteiger charge is 2.09. The highest BCUT2D eigenvalue weighted by molar-refractivity contribution is 7.10. The SMILES string of the molecule is CNc1snnc1COc1cccc([N+](=O)[O-])c1. The molecule has 0 unspecified atom stereocenters. The van der Waals surface area contributed by atoms with E-state index in [1.54, 1.807) is 19.2 Å². The molecule has 0 fully saturated rings. The maximum absolute atomic E-state index is 10.6. The second-order valence-corrected chi connectivity index (χ2v) is 4.10. The average molecular weight is 266 g/mol. The van der Waals surface area contributed by atoms with E-state index in [1.165, 1.54) is 23.7 Å². The standard InChI is InChI=1S/C10H10N4O3S/c1-11-10-9(12-13-18-10)6-17-8-4-2-3-7(5-8)14(15)16/h2-5,11H,6H2,1H3. The topological polar surface area (TPSA) is 90.2 Å². The number of rotatable bonds is 5. The number of hydrogen-bond donors (Lipinski definition) is 1. The molecule has 0 bridgehead atoms. The summed E-state index contributed by atoms with van der Waals surface area (Å²) in [5, 5.41) is 18.3. The summed E-state index contributed by atoms with van der Waals surface area (Å²) in [7, 11) is 1.77. The van der Waals surface area contributed by atoms with Gasteiger partial charge in [-0.05, 0) is 6.07 Å². The molecule has 0 saturated carbocycles. The zero-order valence-electron chi connectivity index (χ0n) is 9.49. The third-order valence-electron chi connectivity index (χ3n) is 2.19. The smallest absolute Gasteiger partial charge is 0.273 e. The molecule has 0 saturated heterocycles. The first kappa shape index (κ1) is 12.2. The van der Waals surface area contributed by atoms with Crippen molar-refractivity contribution in [3.8, 4) is 5.75 Å². The first-order valence-electron chi connectivity index (χ1n) is 5.07. The van der Waals surface area contributed by atoms with Crippen LogP contribution in [0.4, 0.5) is 10.7 Å². The van der Waals surface area contributed by atoms with E-state index in [0.717, 1.165) is 5.00 Å². The first-order valence-corrected chi connectivity index (χ1v) is 5.84. The van der Waals surface area contributed by atoms with Gasteiger partial charge in [-0.2, -0.15) is 0 Å². The molecule has 94 valence electrons. The molecule has 1 N–H and O–H groups in total. The number of nitrogens with one attached hydrogen (secondary N) is 1. The van der Waals surface area contributed by atoms with Gasteiger partial charge < -0.3 is 10.1 Å². The molecule has 1 heterocycles. The van der Waals surface area contributed by atoms with Crippen molar-refractivity contribution in [1.29, 1.82) is 0 Å². The lowest BCUT2D eigenvalue weighted by Gasteiger charge is -2.04. The summed E-state index contributed by atoms with van der Waals surface area (Å²) in [6.45, 7) is 0.216. The average Bonchev–Trinajstić information content (AvgIpc) is 2.84. The van der Waals surface area contributed by atoms with Gasteiger partial charge in [0.1, 0.15) is 23.1 Å². The quantitative estimate of drug-likeness (QED) is 0.658. The number of hydrogen-bond acceptors (Lipinski definition) is 7. The van der Waals surface area contributed by atoms with Crippen LogP contribution in [0.3, 0.4) is 0 Å². The van der Waals surface area contributed by atoms with E-state index in [1.807, 2.05) is 0 Å². The van der Waals surface area contributed by atoms with Crippen LogP contribution in [0.25, 0.3) is 0 Å². The molecule has 0 aliphatic heterocycles. The lowest BCUT2D eigenvalue weighted by molar-refractivity contribution is -0.384. The fourth-order valence-corrected chi connectivity index (χ4v) is 1.85. The molecule has 0 spiro atoms. The maximum Gasteiger partial charge on any atom is 0.273 e. The van der Waals surface area contributed by atoms with Gasteiger partial charge in [-0.25, -0.2) is 0 Å². The van der Waals surface area contributed by atoms with Crippen molar-refractivity contribution in [3.05, 3.63) is 40.1 Å². The van der Waals surface area contributed by atoms with Crippen molar-refractivity contribution in [1.82, 2.24) is 9.59 Å². The number of benzene rings is 1. The zero-order valence-corrected chi connectivity index (χ0v) is 10.3. The molecule has 0 aliphatic rings. The molecular weight excluding hydrogens is 256 g/mol. The zero-order chi connectivity index (χ0) is 13.0. The molecule has 7 nitrogen and oxygen atoms in total. The molecule has 0 radical (unpaired) electrons. The van der Waals surface area contributed by atoms with Gasteiger partial charge >= 0.3 is 0 Å². The summed E-state index contributed by atoms with van der Waals surface area (Å²) in [6, 6.07) is 6.02. The third-order valence-corrected chi connectivity index (χ3v) is 2.97. The van der Waals surface area contributed by atoms with Crippen molar-refractivity contribution in [2.45, 2.75) is 6.61 Å². The Morgan fingerprint density at radius 3 is 3.11 bits per heavy atom. The molecule has 2 rings (SSSR count). The monoisotopic (exact) mass is 266 g/mol. The van der Waals surface area contributed by atoms with Crippen LogP contribution >= 0.6 is 11.5 Å². The van der Waals surface area contributed by atoms with Crippen LogP contribution < -0.4 is 10.1 Å². The van der Waals surface area contributed by atoms with Gasteiger partial charge in [0.05, 0.1) is 11.0 Å². The summed E-state index contributed by atoms with van der Waals surface area (Å²) in [6.07, 6.45) is 0. The number of nitrogens with zero attached hydrogens (tertiary/aromatic N) is 3. The van der Waals surface area contributed by atoms with E-state index in [0.29, 0.717) is 11.4 Å². The van der Waals surface area contributed by atoms with Crippen molar-refractivity contribution in [3.63, 3.8) is 0 Å². The van der Waals surface area contributed by atoms with Crippen molar-refractivity contribution >= 4 is 22.2 Å². The first-order chi connectivity index (χ1) is 8.70. The molecule has 2 aromatic rings. The van der Waals surface area contributed by atoms with Crippen molar-refractivity contribution in [2.24, 2.45) is 0 Å². The molecule has 18 heavy (non-hydrogen) atoms. The second kappa shape index (κ2) is 5.41. The minimum absolute atomic E-state index is 0.00209. The number of nitro benzene ring substituents is 1. The largest absolute Gasteiger partial charge is 0.487 e. The van der Waals surface area contributed by atoms with Crippen LogP contribution in [0.5, 0.6) is 5.75 Å². The van der Waals surface area contributed by atoms with Gasteiger partial charge in [0.2, 0.25) is 0 Å². The van der Waals surface area contributed by atoms with E-state index < -0.39 is 4.92 Å². The number of anilines is 1. The van der Waals surface area contributed by atoms with Crippen LogP contribution in [-0.2, 0) is 6.61 Å². The van der Waals surface area contributed by atoms with Gasteiger partial charge in [-0.3, -0.25) is 10.1 Å². The molecule has 0 atom stereocenters. The minimum atomic E-state index is -0.462. The fourth-order valence-electron chi connectivity index (χ4n) is 1.33. The lowest BCUT2D eigenvalue weighted by atomic mass is 10.3. The van der Waals surface area contributed by atoms with Crippen LogP contribution in [0.2, 0.25) is 0 Å². The number of ether oxygens (including phenoxy) is 1. The van der Waals surface area contributed by atoms with E-state index in [2.05, 4.69) is 14.9 Å². The number of aromatic nitrogens is 2. The van der Waals surface area contributed by atoms with Crippen LogP contribution in [0.15, 0.2) is 24.3 Å². The summed E-state index contributed by atoms with van der Waals surface area (Å²) in [5.41, 5.74) is 0.673. The molecule has 0 amide bonds. The summed E-state index contributed by atoms with van der Waals surface area (Å²) in [5.74, 6) is 0.430. The van der Waals surface area contributed by atoms with Gasteiger partial charge in [-0.1, -0.05) is 10.6 Å². The Hall–Kier alpha value is -2.22. The van der Waals surface area contributed by atoms with Gasteiger partial charge in [0.15, 0.2) is 0 Å². The Labute approximate surface area is 107 Å². The predicted molar refractivity (Wildman–Crippen MR) is 66.9 cm³/mol. The van der Waals surface area contributed by atoms with Gasteiger partial charge in [-0.15, -0.1) is 5.10 Å². The van der Waals surface area contributed by atoms with E-state index in [4.69, 9.17) is 4.74 Å². The molecule has 8 heteroatoms. The third kappa shape index (κ3) is 2.72. The summed E-state index contributed by atoms with van der Waals surface area (Å²) in [4.78, 5) is 10.1.